The van der Waals surface area contributed by atoms with Gasteiger partial charge in [0.15, 0.2) is 6.73 Å². The molecule has 0 spiro atoms. The monoisotopic (exact) mass is 401 g/mol. The van der Waals surface area contributed by atoms with E-state index in [4.69, 9.17) is 9.84 Å². The lowest BCUT2D eigenvalue weighted by molar-refractivity contribution is -0.119. The van der Waals surface area contributed by atoms with Crippen LogP contribution in [-0.4, -0.2) is 36.5 Å². The first-order valence-corrected chi connectivity index (χ1v) is 8.77. The lowest BCUT2D eigenvalue weighted by Gasteiger charge is -2.13. The van der Waals surface area contributed by atoms with Gasteiger partial charge in [0.25, 0.3) is 0 Å². The van der Waals surface area contributed by atoms with Crippen molar-refractivity contribution < 1.29 is 23.8 Å². The van der Waals surface area contributed by atoms with Gasteiger partial charge in [-0.25, -0.2) is 13.9 Å². The molecule has 0 saturated heterocycles. The molecule has 2 heterocycles. The van der Waals surface area contributed by atoms with E-state index < -0.39 is 17.8 Å². The number of amides is 1. The van der Waals surface area contributed by atoms with Crippen molar-refractivity contribution in [2.24, 2.45) is 0 Å². The Morgan fingerprint density at radius 2 is 2.10 bits per heavy atom. The van der Waals surface area contributed by atoms with Crippen molar-refractivity contribution in [3.8, 4) is 5.75 Å². The van der Waals surface area contributed by atoms with E-state index in [9.17, 15) is 14.0 Å². The Hall–Kier alpha value is -3.69. The number of anilines is 1. The molecule has 0 bridgehead atoms. The fourth-order valence-electron chi connectivity index (χ4n) is 2.70. The summed E-state index contributed by atoms with van der Waals surface area (Å²) in [5.41, 5.74) is 1.76. The molecule has 0 saturated carbocycles. The van der Waals surface area contributed by atoms with Crippen LogP contribution < -0.4 is 10.1 Å². The fourth-order valence-corrected chi connectivity index (χ4v) is 2.70. The average Bonchev–Trinajstić information content (AvgIpc) is 3.27. The highest BCUT2D eigenvalue weighted by Crippen LogP contribution is 2.22. The van der Waals surface area contributed by atoms with Gasteiger partial charge in [-0.2, -0.15) is 10.2 Å². The standard InChI is InChI=1S/C19H20FN5O4/c1-11-17(22-18(26)13(3)24-9-14(8-21-24)19(27)28)12(2)25(23-11)10-29-16-6-4-5-15(20)7-16/h4-9,13H,10H2,1-3H3,(H,22,26)(H,27,28). The first kappa shape index (κ1) is 20.1. The smallest absolute Gasteiger partial charge is 0.338 e. The fraction of sp³-hybridized carbons (Fsp3) is 0.263. The number of hydrogen-bond donors (Lipinski definition) is 2. The third-order valence-electron chi connectivity index (χ3n) is 4.40. The molecule has 0 radical (unpaired) electrons. The van der Waals surface area contributed by atoms with Crippen LogP contribution in [0, 0.1) is 19.7 Å². The maximum Gasteiger partial charge on any atom is 0.338 e. The van der Waals surface area contributed by atoms with Gasteiger partial charge in [-0.3, -0.25) is 9.48 Å². The number of aryl methyl sites for hydroxylation is 1. The van der Waals surface area contributed by atoms with Gasteiger partial charge in [-0.15, -0.1) is 0 Å². The molecule has 0 fully saturated rings. The molecule has 2 aromatic heterocycles. The molecule has 1 amide bonds. The topological polar surface area (TPSA) is 111 Å². The van der Waals surface area contributed by atoms with Crippen molar-refractivity contribution >= 4 is 17.6 Å². The number of nitrogens with zero attached hydrogens (tertiary/aromatic N) is 4. The molecule has 2 N–H and O–H groups in total. The van der Waals surface area contributed by atoms with Crippen molar-refractivity contribution in [3.63, 3.8) is 0 Å². The third kappa shape index (κ3) is 4.42. The summed E-state index contributed by atoms with van der Waals surface area (Å²) in [5.74, 6) is -1.52. The van der Waals surface area contributed by atoms with Gasteiger partial charge in [0.2, 0.25) is 5.91 Å². The zero-order valence-electron chi connectivity index (χ0n) is 16.1. The van der Waals surface area contributed by atoms with Gasteiger partial charge in [0.05, 0.1) is 28.8 Å². The first-order valence-electron chi connectivity index (χ1n) is 8.77. The lowest BCUT2D eigenvalue weighted by Crippen LogP contribution is -2.24. The second kappa shape index (κ2) is 8.13. The Kier molecular flexibility index (Phi) is 5.62. The summed E-state index contributed by atoms with van der Waals surface area (Å²) < 4.78 is 21.6. The number of carboxylic acid groups (broad SMARTS) is 1. The number of hydrogen-bond acceptors (Lipinski definition) is 5. The minimum atomic E-state index is -1.12. The number of benzene rings is 1. The zero-order valence-corrected chi connectivity index (χ0v) is 16.1. The van der Waals surface area contributed by atoms with E-state index in [0.29, 0.717) is 22.8 Å². The molecule has 29 heavy (non-hydrogen) atoms. The predicted octanol–water partition coefficient (Wildman–Crippen LogP) is 2.77. The molecule has 1 aromatic carbocycles. The van der Waals surface area contributed by atoms with E-state index in [0.717, 1.165) is 0 Å². The molecule has 9 nitrogen and oxygen atoms in total. The number of aromatic carboxylic acids is 1. The molecule has 0 aliphatic rings. The van der Waals surface area contributed by atoms with Crippen molar-refractivity contribution in [1.82, 2.24) is 19.6 Å². The van der Waals surface area contributed by atoms with Gasteiger partial charge >= 0.3 is 5.97 Å². The van der Waals surface area contributed by atoms with Gasteiger partial charge in [-0.1, -0.05) is 6.07 Å². The number of nitrogens with one attached hydrogen (secondary N) is 1. The third-order valence-corrected chi connectivity index (χ3v) is 4.40. The van der Waals surface area contributed by atoms with Crippen LogP contribution in [0.25, 0.3) is 0 Å². The normalized spacial score (nSPS) is 11.9. The minimum absolute atomic E-state index is 0.000622. The van der Waals surface area contributed by atoms with E-state index in [-0.39, 0.29) is 18.2 Å². The zero-order chi connectivity index (χ0) is 21.1. The maximum absolute atomic E-state index is 13.3. The van der Waals surface area contributed by atoms with Gasteiger partial charge in [0.1, 0.15) is 17.6 Å². The largest absolute Gasteiger partial charge is 0.478 e. The highest BCUT2D eigenvalue weighted by atomic mass is 19.1. The first-order chi connectivity index (χ1) is 13.8. The molecule has 0 aliphatic carbocycles. The van der Waals surface area contributed by atoms with Crippen LogP contribution in [-0.2, 0) is 11.5 Å². The Labute approximate surface area is 165 Å². The number of aromatic nitrogens is 4. The summed E-state index contributed by atoms with van der Waals surface area (Å²) in [6.45, 7) is 5.16. The van der Waals surface area contributed by atoms with Crippen LogP contribution in [0.1, 0.15) is 34.7 Å². The van der Waals surface area contributed by atoms with E-state index in [2.05, 4.69) is 15.5 Å². The maximum atomic E-state index is 13.3. The lowest BCUT2D eigenvalue weighted by atomic mass is 10.2. The number of rotatable bonds is 7. The van der Waals surface area contributed by atoms with Gasteiger partial charge < -0.3 is 15.2 Å². The summed E-state index contributed by atoms with van der Waals surface area (Å²) in [7, 11) is 0. The molecular weight excluding hydrogens is 381 g/mol. The van der Waals surface area contributed by atoms with E-state index >= 15 is 0 Å². The molecule has 1 unspecified atom stereocenters. The Morgan fingerprint density at radius 3 is 2.76 bits per heavy atom. The highest BCUT2D eigenvalue weighted by molar-refractivity contribution is 5.94. The molecule has 152 valence electrons. The molecule has 3 aromatic rings. The van der Waals surface area contributed by atoms with Crippen LogP contribution in [0.4, 0.5) is 10.1 Å². The highest BCUT2D eigenvalue weighted by Gasteiger charge is 2.21. The number of halogens is 1. The van der Waals surface area contributed by atoms with Crippen LogP contribution in [0.3, 0.4) is 0 Å². The molecule has 1 atom stereocenters. The number of ether oxygens (including phenoxy) is 1. The predicted molar refractivity (Wildman–Crippen MR) is 101 cm³/mol. The minimum Gasteiger partial charge on any atom is -0.478 e. The summed E-state index contributed by atoms with van der Waals surface area (Å²) in [6, 6.07) is 5.04. The number of carboxylic acids is 1. The van der Waals surface area contributed by atoms with Crippen LogP contribution in [0.15, 0.2) is 36.7 Å². The van der Waals surface area contributed by atoms with Crippen molar-refractivity contribution in [2.75, 3.05) is 5.32 Å². The van der Waals surface area contributed by atoms with Crippen LogP contribution >= 0.6 is 0 Å². The summed E-state index contributed by atoms with van der Waals surface area (Å²) >= 11 is 0. The molecular formula is C19H20FN5O4. The summed E-state index contributed by atoms with van der Waals surface area (Å²) in [4.78, 5) is 23.6. The Morgan fingerprint density at radius 1 is 1.34 bits per heavy atom. The van der Waals surface area contributed by atoms with Crippen LogP contribution in [0.2, 0.25) is 0 Å². The summed E-state index contributed by atoms with van der Waals surface area (Å²) in [5, 5.41) is 20.0. The quantitative estimate of drug-likeness (QED) is 0.630. The van der Waals surface area contributed by atoms with E-state index in [1.807, 2.05) is 0 Å². The van der Waals surface area contributed by atoms with Crippen molar-refractivity contribution in [3.05, 3.63) is 59.4 Å². The molecule has 10 heteroatoms. The average molecular weight is 401 g/mol. The van der Waals surface area contributed by atoms with E-state index in [1.165, 1.54) is 29.2 Å². The van der Waals surface area contributed by atoms with Gasteiger partial charge in [-0.05, 0) is 32.9 Å². The van der Waals surface area contributed by atoms with E-state index in [1.54, 1.807) is 37.6 Å². The van der Waals surface area contributed by atoms with Crippen molar-refractivity contribution in [2.45, 2.75) is 33.5 Å². The Bertz CT molecular complexity index is 1060. The van der Waals surface area contributed by atoms with Crippen LogP contribution in [0.5, 0.6) is 5.75 Å². The van der Waals surface area contributed by atoms with Gasteiger partial charge in [0, 0.05) is 12.3 Å². The second-order valence-electron chi connectivity index (χ2n) is 6.46. The second-order valence-corrected chi connectivity index (χ2v) is 6.46. The number of carbonyl (C=O) groups is 2. The SMILES string of the molecule is Cc1nn(COc2cccc(F)c2)c(C)c1NC(=O)C(C)n1cc(C(=O)O)cn1. The number of carbonyl (C=O) groups excluding carboxylic acids is 1. The summed E-state index contributed by atoms with van der Waals surface area (Å²) in [6.07, 6.45) is 2.48. The Balaban J connectivity index is 1.70. The van der Waals surface area contributed by atoms with Crippen molar-refractivity contribution in [1.29, 1.82) is 0 Å². The molecule has 0 aliphatic heterocycles. The molecule has 3 rings (SSSR count).